The molecular weight excluding hydrogens is 222 g/mol. The normalized spacial score (nSPS) is 39.6. The average molecular weight is 243 g/mol. The zero-order valence-corrected chi connectivity index (χ0v) is 11.5. The maximum absolute atomic E-state index is 11.7. The number of carbonyl (C=O) groups is 1. The molecule has 0 bridgehead atoms. The highest BCUT2D eigenvalue weighted by Gasteiger charge is 2.51. The first kappa shape index (κ1) is 13.1. The Hall–Kier alpha value is -1.36. The molecule has 0 aromatic heterocycles. The summed E-state index contributed by atoms with van der Waals surface area (Å²) in [7, 11) is 0. The highest BCUT2D eigenvalue weighted by molar-refractivity contribution is 5.92. The Kier molecular flexibility index (Phi) is 3.19. The summed E-state index contributed by atoms with van der Waals surface area (Å²) in [5, 5.41) is 9.74. The molecule has 0 aromatic rings. The maximum Gasteiger partial charge on any atom is 0.155 e. The molecule has 2 rings (SSSR count). The van der Waals surface area contributed by atoms with Gasteiger partial charge in [-0.15, -0.1) is 0 Å². The van der Waals surface area contributed by atoms with Gasteiger partial charge in [0, 0.05) is 12.3 Å². The minimum atomic E-state index is -0.467. The van der Waals surface area contributed by atoms with Crippen LogP contribution in [0.5, 0.6) is 0 Å². The summed E-state index contributed by atoms with van der Waals surface area (Å²) in [6, 6.07) is 2.54. The van der Waals surface area contributed by atoms with Crippen LogP contribution in [-0.2, 0) is 4.79 Å². The predicted octanol–water partition coefficient (Wildman–Crippen LogP) is 3.65. The van der Waals surface area contributed by atoms with Gasteiger partial charge in [-0.2, -0.15) is 5.26 Å². The Bertz CT molecular complexity index is 468. The van der Waals surface area contributed by atoms with Gasteiger partial charge in [0.1, 0.15) is 0 Å². The number of hydrogen-bond acceptors (Lipinski definition) is 2. The summed E-state index contributed by atoms with van der Waals surface area (Å²) >= 11 is 0. The minimum Gasteiger partial charge on any atom is -0.295 e. The van der Waals surface area contributed by atoms with Crippen molar-refractivity contribution in [2.24, 2.45) is 23.2 Å². The Morgan fingerprint density at radius 1 is 1.56 bits per heavy atom. The zero-order valence-electron chi connectivity index (χ0n) is 11.5. The molecular formula is C16H21NO. The molecule has 2 nitrogen and oxygen atoms in total. The van der Waals surface area contributed by atoms with Gasteiger partial charge in [0.05, 0.1) is 11.5 Å². The Balaban J connectivity index is 2.57. The largest absolute Gasteiger partial charge is 0.295 e. The second kappa shape index (κ2) is 4.39. The number of fused-ring (bicyclic) bond motifs is 1. The van der Waals surface area contributed by atoms with Gasteiger partial charge in [-0.05, 0) is 43.3 Å². The molecule has 18 heavy (non-hydrogen) atoms. The van der Waals surface area contributed by atoms with Crippen molar-refractivity contribution >= 4 is 5.78 Å². The van der Waals surface area contributed by atoms with Crippen LogP contribution in [0.15, 0.2) is 23.8 Å². The third kappa shape index (κ3) is 1.73. The molecule has 96 valence electrons. The smallest absolute Gasteiger partial charge is 0.155 e. The fourth-order valence-corrected chi connectivity index (χ4v) is 3.66. The minimum absolute atomic E-state index is 0.178. The Morgan fingerprint density at radius 3 is 2.78 bits per heavy atom. The van der Waals surface area contributed by atoms with E-state index in [-0.39, 0.29) is 11.7 Å². The van der Waals surface area contributed by atoms with E-state index >= 15 is 0 Å². The lowest BCUT2D eigenvalue weighted by Crippen LogP contribution is -2.44. The fourth-order valence-electron chi connectivity index (χ4n) is 3.66. The number of allylic oxidation sites excluding steroid dienone is 3. The topological polar surface area (TPSA) is 40.9 Å². The van der Waals surface area contributed by atoms with E-state index in [2.05, 4.69) is 26.5 Å². The summed E-state index contributed by atoms with van der Waals surface area (Å²) < 4.78 is 0. The van der Waals surface area contributed by atoms with E-state index < -0.39 is 5.41 Å². The number of carbonyl (C=O) groups excluding carboxylic acids is 1. The maximum atomic E-state index is 11.7. The molecule has 0 saturated heterocycles. The van der Waals surface area contributed by atoms with Crippen molar-refractivity contribution in [2.75, 3.05) is 0 Å². The Morgan fingerprint density at radius 2 is 2.22 bits per heavy atom. The molecule has 4 atom stereocenters. The number of ketones is 1. The first-order valence-corrected chi connectivity index (χ1v) is 6.74. The van der Waals surface area contributed by atoms with Crippen LogP contribution in [0, 0.1) is 34.5 Å². The van der Waals surface area contributed by atoms with Gasteiger partial charge in [0.2, 0.25) is 0 Å². The molecule has 0 aromatic carbocycles. The summed E-state index contributed by atoms with van der Waals surface area (Å²) in [5.74, 6) is 1.21. The average Bonchev–Trinajstić information content (AvgIpc) is 2.34. The van der Waals surface area contributed by atoms with Crippen LogP contribution in [0.4, 0.5) is 0 Å². The van der Waals surface area contributed by atoms with Crippen LogP contribution in [-0.4, -0.2) is 5.78 Å². The third-order valence-electron chi connectivity index (χ3n) is 4.94. The lowest BCUT2D eigenvalue weighted by atomic mass is 9.53. The van der Waals surface area contributed by atoms with Gasteiger partial charge in [-0.1, -0.05) is 26.0 Å². The van der Waals surface area contributed by atoms with Crippen LogP contribution in [0.2, 0.25) is 0 Å². The van der Waals surface area contributed by atoms with Crippen LogP contribution >= 0.6 is 0 Å². The fraction of sp³-hybridized carbons (Fsp3) is 0.625. The highest BCUT2D eigenvalue weighted by Crippen LogP contribution is 2.55. The van der Waals surface area contributed by atoms with Crippen LogP contribution in [0.3, 0.4) is 0 Å². The number of nitrogens with zero attached hydrogens (tertiary/aromatic N) is 1. The lowest BCUT2D eigenvalue weighted by Gasteiger charge is -2.48. The SMILES string of the molecule is C=C(C)[C@@H]1C[C@@H](C)[C@@H](C)C2=CC(=O)CC[C@]21C#N. The molecule has 0 N–H and O–H groups in total. The van der Waals surface area contributed by atoms with E-state index in [1.54, 1.807) is 6.08 Å². The first-order chi connectivity index (χ1) is 8.42. The molecule has 0 spiro atoms. The van der Waals surface area contributed by atoms with Crippen LogP contribution in [0.25, 0.3) is 0 Å². The van der Waals surface area contributed by atoms with E-state index in [0.717, 1.165) is 17.6 Å². The molecule has 0 amide bonds. The lowest BCUT2D eigenvalue weighted by molar-refractivity contribution is -0.116. The number of nitriles is 1. The predicted molar refractivity (Wildman–Crippen MR) is 71.6 cm³/mol. The van der Waals surface area contributed by atoms with Crippen molar-refractivity contribution in [1.29, 1.82) is 5.26 Å². The van der Waals surface area contributed by atoms with Crippen LogP contribution < -0.4 is 0 Å². The van der Waals surface area contributed by atoms with E-state index in [1.807, 2.05) is 6.92 Å². The summed E-state index contributed by atoms with van der Waals surface area (Å²) in [6.07, 6.45) is 3.93. The van der Waals surface area contributed by atoms with Gasteiger partial charge < -0.3 is 0 Å². The summed E-state index contributed by atoms with van der Waals surface area (Å²) in [5.41, 5.74) is 1.68. The molecule has 0 heterocycles. The van der Waals surface area contributed by atoms with Crippen molar-refractivity contribution in [3.63, 3.8) is 0 Å². The van der Waals surface area contributed by atoms with Gasteiger partial charge in [0.15, 0.2) is 5.78 Å². The monoisotopic (exact) mass is 243 g/mol. The van der Waals surface area contributed by atoms with E-state index in [0.29, 0.717) is 24.7 Å². The molecule has 0 unspecified atom stereocenters. The Labute approximate surface area is 109 Å². The van der Waals surface area contributed by atoms with E-state index in [9.17, 15) is 10.1 Å². The zero-order chi connectivity index (χ0) is 13.5. The van der Waals surface area contributed by atoms with Crippen LogP contribution in [0.1, 0.15) is 40.0 Å². The molecule has 2 heteroatoms. The van der Waals surface area contributed by atoms with E-state index in [4.69, 9.17) is 0 Å². The quantitative estimate of drug-likeness (QED) is 0.659. The molecule has 2 aliphatic carbocycles. The van der Waals surface area contributed by atoms with E-state index in [1.165, 1.54) is 0 Å². The molecule has 1 saturated carbocycles. The van der Waals surface area contributed by atoms with Gasteiger partial charge >= 0.3 is 0 Å². The molecule has 1 fully saturated rings. The highest BCUT2D eigenvalue weighted by atomic mass is 16.1. The summed E-state index contributed by atoms with van der Waals surface area (Å²) in [6.45, 7) is 10.5. The summed E-state index contributed by atoms with van der Waals surface area (Å²) in [4.78, 5) is 11.7. The van der Waals surface area contributed by atoms with Gasteiger partial charge in [0.25, 0.3) is 0 Å². The first-order valence-electron chi connectivity index (χ1n) is 6.74. The molecule has 0 radical (unpaired) electrons. The van der Waals surface area contributed by atoms with Crippen molar-refractivity contribution < 1.29 is 4.79 Å². The molecule has 0 aliphatic heterocycles. The molecule has 2 aliphatic rings. The van der Waals surface area contributed by atoms with Crippen molar-refractivity contribution in [1.82, 2.24) is 0 Å². The second-order valence-electron chi connectivity index (χ2n) is 6.05. The number of hydrogen-bond donors (Lipinski definition) is 0. The van der Waals surface area contributed by atoms with Crippen molar-refractivity contribution in [3.8, 4) is 6.07 Å². The van der Waals surface area contributed by atoms with Crippen molar-refractivity contribution in [3.05, 3.63) is 23.8 Å². The van der Waals surface area contributed by atoms with Gasteiger partial charge in [-0.25, -0.2) is 0 Å². The second-order valence-corrected chi connectivity index (χ2v) is 6.05. The standard InChI is InChI=1S/C16H21NO/c1-10(2)14-7-11(3)12(4)15-8-13(18)5-6-16(14,15)9-17/h8,11-12,14H,1,5-7H2,2-4H3/t11-,12-,14+,16-/m1/s1. The van der Waals surface area contributed by atoms with Crippen molar-refractivity contribution in [2.45, 2.75) is 40.0 Å². The third-order valence-corrected chi connectivity index (χ3v) is 4.94. The number of rotatable bonds is 1. The van der Waals surface area contributed by atoms with Gasteiger partial charge in [-0.3, -0.25) is 4.79 Å².